The smallest absolute Gasteiger partial charge is 0.243 e. The molecule has 102 valence electrons. The third kappa shape index (κ3) is 2.68. The molecule has 1 aliphatic rings. The molecule has 0 bridgehead atoms. The lowest BCUT2D eigenvalue weighted by Crippen LogP contribution is -2.26. The maximum Gasteiger partial charge on any atom is 0.243 e. The van der Waals surface area contributed by atoms with Crippen molar-refractivity contribution in [2.45, 2.75) is 37.5 Å². The first-order valence-electron chi connectivity index (χ1n) is 6.66. The monoisotopic (exact) mass is 280 g/mol. The van der Waals surface area contributed by atoms with Gasteiger partial charge in [0.2, 0.25) is 5.95 Å². The fraction of sp³-hybridized carbons (Fsp3) is 0.538. The molecule has 0 spiro atoms. The summed E-state index contributed by atoms with van der Waals surface area (Å²) in [5.41, 5.74) is 0.668. The van der Waals surface area contributed by atoms with Gasteiger partial charge in [0.05, 0.1) is 6.20 Å². The second kappa shape index (κ2) is 5.36. The van der Waals surface area contributed by atoms with E-state index >= 15 is 0 Å². The predicted octanol–water partition coefficient (Wildman–Crippen LogP) is 2.95. The van der Waals surface area contributed by atoms with Crippen LogP contribution in [0.2, 0.25) is 0 Å². The molecule has 6 heteroatoms. The Kier molecular flexibility index (Phi) is 3.59. The highest BCUT2D eigenvalue weighted by Gasteiger charge is 2.27. The van der Waals surface area contributed by atoms with Crippen molar-refractivity contribution in [3.63, 3.8) is 0 Å². The van der Waals surface area contributed by atoms with Gasteiger partial charge in [-0.2, -0.15) is 16.7 Å². The van der Waals surface area contributed by atoms with E-state index in [0.29, 0.717) is 22.9 Å². The number of thioether (sulfide) groups is 1. The molecule has 1 fully saturated rings. The Balaban J connectivity index is 1.77. The summed E-state index contributed by atoms with van der Waals surface area (Å²) in [4.78, 5) is 4.38. The van der Waals surface area contributed by atoms with Crippen LogP contribution in [0.5, 0.6) is 0 Å². The zero-order valence-corrected chi connectivity index (χ0v) is 11.7. The van der Waals surface area contributed by atoms with Gasteiger partial charge in [-0.15, -0.1) is 5.10 Å². The van der Waals surface area contributed by atoms with Crippen LogP contribution >= 0.6 is 11.8 Å². The molecule has 2 atom stereocenters. The molecule has 0 aromatic carbocycles. The summed E-state index contributed by atoms with van der Waals surface area (Å²) in [5.74, 6) is 1.43. The number of nitrogens with one attached hydrogen (secondary N) is 1. The van der Waals surface area contributed by atoms with Crippen LogP contribution in [-0.2, 0) is 0 Å². The second-order valence-corrected chi connectivity index (χ2v) is 6.28. The highest BCUT2D eigenvalue weighted by Crippen LogP contribution is 2.31. The van der Waals surface area contributed by atoms with Crippen molar-refractivity contribution in [2.75, 3.05) is 11.1 Å². The highest BCUT2D eigenvalue weighted by atomic mass is 32.2. The summed E-state index contributed by atoms with van der Waals surface area (Å²) in [6.45, 7) is 2.19. The standard InChI is InChI=1S/C13H17FN4S/c1-2-19-11-5-3-4-10(11)15-13-16-12-7-6-9(14)8-18(12)17-13/h6-8,10-11H,2-5H2,1H3,(H,15,17). The molecule has 0 radical (unpaired) electrons. The van der Waals surface area contributed by atoms with Gasteiger partial charge in [-0.05, 0) is 30.7 Å². The van der Waals surface area contributed by atoms with Crippen molar-refractivity contribution >= 4 is 23.4 Å². The Hall–Kier alpha value is -1.30. The molecule has 1 aliphatic carbocycles. The second-order valence-electron chi connectivity index (χ2n) is 4.76. The maximum absolute atomic E-state index is 13.1. The molecule has 2 aromatic rings. The van der Waals surface area contributed by atoms with E-state index in [9.17, 15) is 4.39 Å². The van der Waals surface area contributed by atoms with Crippen LogP contribution in [0.15, 0.2) is 18.3 Å². The molecule has 0 aliphatic heterocycles. The maximum atomic E-state index is 13.1. The van der Waals surface area contributed by atoms with E-state index in [-0.39, 0.29) is 5.82 Å². The molecule has 2 heterocycles. The normalized spacial score (nSPS) is 23.1. The molecule has 0 amide bonds. The Morgan fingerprint density at radius 2 is 2.37 bits per heavy atom. The van der Waals surface area contributed by atoms with Crippen molar-refractivity contribution in [3.05, 3.63) is 24.1 Å². The molecular formula is C13H17FN4S. The number of rotatable bonds is 4. The summed E-state index contributed by atoms with van der Waals surface area (Å²) in [6, 6.07) is 3.46. The van der Waals surface area contributed by atoms with E-state index in [1.165, 1.54) is 29.6 Å². The van der Waals surface area contributed by atoms with Crippen LogP contribution in [0.1, 0.15) is 26.2 Å². The number of aromatic nitrogens is 3. The minimum absolute atomic E-state index is 0.302. The third-order valence-corrected chi connectivity index (χ3v) is 4.77. The minimum atomic E-state index is -0.302. The fourth-order valence-corrected chi connectivity index (χ4v) is 3.79. The number of fused-ring (bicyclic) bond motifs is 1. The van der Waals surface area contributed by atoms with Crippen LogP contribution in [0.4, 0.5) is 10.3 Å². The number of hydrogen-bond acceptors (Lipinski definition) is 4. The van der Waals surface area contributed by atoms with Crippen LogP contribution in [-0.4, -0.2) is 31.6 Å². The molecule has 19 heavy (non-hydrogen) atoms. The van der Waals surface area contributed by atoms with Gasteiger partial charge >= 0.3 is 0 Å². The summed E-state index contributed by atoms with van der Waals surface area (Å²) < 4.78 is 14.6. The third-order valence-electron chi connectivity index (χ3n) is 3.44. The van der Waals surface area contributed by atoms with E-state index in [4.69, 9.17) is 0 Å². The Morgan fingerprint density at radius 1 is 1.47 bits per heavy atom. The molecule has 1 N–H and O–H groups in total. The Morgan fingerprint density at radius 3 is 3.21 bits per heavy atom. The Labute approximate surface area is 115 Å². The number of pyridine rings is 1. The zero-order chi connectivity index (χ0) is 13.2. The van der Waals surface area contributed by atoms with E-state index in [1.54, 1.807) is 6.07 Å². The minimum Gasteiger partial charge on any atom is -0.349 e. The van der Waals surface area contributed by atoms with Gasteiger partial charge in [0.15, 0.2) is 5.65 Å². The SMILES string of the molecule is CCSC1CCCC1Nc1nc2ccc(F)cn2n1. The van der Waals surface area contributed by atoms with Gasteiger partial charge in [0, 0.05) is 11.3 Å². The van der Waals surface area contributed by atoms with Gasteiger partial charge < -0.3 is 5.32 Å². The molecule has 3 rings (SSSR count). The van der Waals surface area contributed by atoms with Crippen LogP contribution in [0.25, 0.3) is 5.65 Å². The molecule has 0 saturated heterocycles. The lowest BCUT2D eigenvalue weighted by molar-refractivity contribution is 0.614. The molecular weight excluding hydrogens is 263 g/mol. The van der Waals surface area contributed by atoms with Crippen LogP contribution in [0, 0.1) is 5.82 Å². The van der Waals surface area contributed by atoms with Crippen molar-refractivity contribution in [2.24, 2.45) is 0 Å². The summed E-state index contributed by atoms with van der Waals surface area (Å²) in [5, 5.41) is 8.31. The van der Waals surface area contributed by atoms with Crippen LogP contribution < -0.4 is 5.32 Å². The van der Waals surface area contributed by atoms with Crippen molar-refractivity contribution in [1.82, 2.24) is 14.6 Å². The van der Waals surface area contributed by atoms with E-state index in [2.05, 4.69) is 22.3 Å². The quantitative estimate of drug-likeness (QED) is 0.935. The largest absolute Gasteiger partial charge is 0.349 e. The molecule has 2 unspecified atom stereocenters. The molecule has 2 aromatic heterocycles. The first-order valence-corrected chi connectivity index (χ1v) is 7.71. The van der Waals surface area contributed by atoms with E-state index in [0.717, 1.165) is 12.2 Å². The van der Waals surface area contributed by atoms with E-state index in [1.807, 2.05) is 11.8 Å². The Bertz CT molecular complexity index is 571. The first kappa shape index (κ1) is 12.7. The first-order chi connectivity index (χ1) is 9.26. The van der Waals surface area contributed by atoms with Crippen molar-refractivity contribution in [3.8, 4) is 0 Å². The predicted molar refractivity (Wildman–Crippen MR) is 76.1 cm³/mol. The highest BCUT2D eigenvalue weighted by molar-refractivity contribution is 7.99. The number of anilines is 1. The van der Waals surface area contributed by atoms with Gasteiger partial charge in [0.1, 0.15) is 5.82 Å². The number of hydrogen-bond donors (Lipinski definition) is 1. The van der Waals surface area contributed by atoms with Gasteiger partial charge in [-0.1, -0.05) is 13.3 Å². The summed E-state index contributed by atoms with van der Waals surface area (Å²) in [7, 11) is 0. The molecule has 4 nitrogen and oxygen atoms in total. The lowest BCUT2D eigenvalue weighted by atomic mass is 10.2. The van der Waals surface area contributed by atoms with Crippen molar-refractivity contribution < 1.29 is 4.39 Å². The average Bonchev–Trinajstić information content (AvgIpc) is 2.97. The average molecular weight is 280 g/mol. The number of halogens is 1. The van der Waals surface area contributed by atoms with Gasteiger partial charge in [-0.3, -0.25) is 0 Å². The lowest BCUT2D eigenvalue weighted by Gasteiger charge is -2.18. The van der Waals surface area contributed by atoms with Crippen LogP contribution in [0.3, 0.4) is 0 Å². The summed E-state index contributed by atoms with van der Waals surface area (Å²) >= 11 is 1.99. The van der Waals surface area contributed by atoms with E-state index < -0.39 is 0 Å². The summed E-state index contributed by atoms with van der Waals surface area (Å²) in [6.07, 6.45) is 5.00. The fourth-order valence-electron chi connectivity index (χ4n) is 2.59. The molecule has 1 saturated carbocycles. The van der Waals surface area contributed by atoms with Gasteiger partial charge in [0.25, 0.3) is 0 Å². The topological polar surface area (TPSA) is 42.2 Å². The van der Waals surface area contributed by atoms with Gasteiger partial charge in [-0.25, -0.2) is 8.91 Å². The van der Waals surface area contributed by atoms with Crippen molar-refractivity contribution in [1.29, 1.82) is 0 Å². The number of nitrogens with zero attached hydrogens (tertiary/aromatic N) is 3. The zero-order valence-electron chi connectivity index (χ0n) is 10.8.